The van der Waals surface area contributed by atoms with Crippen LogP contribution in [0.1, 0.15) is 31.1 Å². The summed E-state index contributed by atoms with van der Waals surface area (Å²) in [5.41, 5.74) is 0.232. The van der Waals surface area contributed by atoms with Crippen LogP contribution in [0.25, 0.3) is 0 Å². The summed E-state index contributed by atoms with van der Waals surface area (Å²) in [5.74, 6) is -1.37. The van der Waals surface area contributed by atoms with E-state index in [1.54, 1.807) is 24.3 Å². The van der Waals surface area contributed by atoms with Crippen molar-refractivity contribution in [2.45, 2.75) is 33.0 Å². The number of anilines is 1. The summed E-state index contributed by atoms with van der Waals surface area (Å²) in [6, 6.07) is 10.2. The molecule has 0 aliphatic rings. The first-order chi connectivity index (χ1) is 12.3. The molecular formula is C19H19ClFNO4. The minimum atomic E-state index is -1.11. The highest BCUT2D eigenvalue weighted by molar-refractivity contribution is 6.30. The maximum absolute atomic E-state index is 13.7. The highest BCUT2D eigenvalue weighted by atomic mass is 35.5. The number of hydrogen-bond donors (Lipinski definition) is 1. The van der Waals surface area contributed by atoms with Gasteiger partial charge >= 0.3 is 5.97 Å². The van der Waals surface area contributed by atoms with E-state index in [1.807, 2.05) is 13.8 Å². The SMILES string of the molecule is CC(C)Oc1ccc(C(=O)O[C@H](C)C(=O)Nc2ccc(Cl)cc2F)cc1. The zero-order chi connectivity index (χ0) is 19.3. The molecule has 0 unspecified atom stereocenters. The molecule has 1 N–H and O–H groups in total. The number of rotatable bonds is 6. The summed E-state index contributed by atoms with van der Waals surface area (Å²) in [5, 5.41) is 2.57. The number of halogens is 2. The lowest BCUT2D eigenvalue weighted by molar-refractivity contribution is -0.123. The van der Waals surface area contributed by atoms with Crippen LogP contribution in [-0.2, 0) is 9.53 Å². The normalized spacial score (nSPS) is 11.8. The van der Waals surface area contributed by atoms with Gasteiger partial charge in [-0.2, -0.15) is 0 Å². The molecule has 2 rings (SSSR count). The van der Waals surface area contributed by atoms with E-state index in [4.69, 9.17) is 21.1 Å². The van der Waals surface area contributed by atoms with E-state index in [-0.39, 0.29) is 22.4 Å². The summed E-state index contributed by atoms with van der Waals surface area (Å²) >= 11 is 5.66. The zero-order valence-electron chi connectivity index (χ0n) is 14.6. The highest BCUT2D eigenvalue weighted by Gasteiger charge is 2.20. The molecule has 0 radical (unpaired) electrons. The van der Waals surface area contributed by atoms with Gasteiger partial charge in [0.25, 0.3) is 5.91 Å². The second-order valence-electron chi connectivity index (χ2n) is 5.85. The summed E-state index contributed by atoms with van der Waals surface area (Å²) in [6.07, 6.45) is -1.09. The molecule has 2 aromatic carbocycles. The number of carbonyl (C=O) groups is 2. The standard InChI is InChI=1S/C19H19ClFNO4/c1-11(2)25-15-7-4-13(5-8-15)19(24)26-12(3)18(23)22-17-9-6-14(20)10-16(17)21/h4-12H,1-3H3,(H,22,23)/t12-/m1/s1. The van der Waals surface area contributed by atoms with Crippen LogP contribution < -0.4 is 10.1 Å². The number of esters is 1. The maximum Gasteiger partial charge on any atom is 0.338 e. The third-order valence-electron chi connectivity index (χ3n) is 3.30. The zero-order valence-corrected chi connectivity index (χ0v) is 15.3. The Hall–Kier alpha value is -2.60. The second kappa shape index (κ2) is 8.67. The number of carbonyl (C=O) groups excluding carboxylic acids is 2. The van der Waals surface area contributed by atoms with Crippen molar-refractivity contribution in [3.63, 3.8) is 0 Å². The van der Waals surface area contributed by atoms with E-state index in [1.165, 1.54) is 19.1 Å². The van der Waals surface area contributed by atoms with Crippen molar-refractivity contribution < 1.29 is 23.5 Å². The van der Waals surface area contributed by atoms with Gasteiger partial charge in [-0.25, -0.2) is 9.18 Å². The predicted octanol–water partition coefficient (Wildman–Crippen LogP) is 4.45. The Balaban J connectivity index is 1.96. The number of amides is 1. The Kier molecular flexibility index (Phi) is 6.58. The Labute approximate surface area is 156 Å². The first-order valence-corrected chi connectivity index (χ1v) is 8.37. The molecule has 1 atom stereocenters. The number of hydrogen-bond acceptors (Lipinski definition) is 4. The molecule has 26 heavy (non-hydrogen) atoms. The first-order valence-electron chi connectivity index (χ1n) is 8.00. The Morgan fingerprint density at radius 3 is 2.31 bits per heavy atom. The molecule has 0 fully saturated rings. The van der Waals surface area contributed by atoms with E-state index in [2.05, 4.69) is 5.32 Å². The van der Waals surface area contributed by atoms with Gasteiger partial charge in [-0.05, 0) is 63.2 Å². The van der Waals surface area contributed by atoms with Crippen molar-refractivity contribution >= 4 is 29.2 Å². The first kappa shape index (κ1) is 19.7. The quantitative estimate of drug-likeness (QED) is 0.753. The fraction of sp³-hybridized carbons (Fsp3) is 0.263. The molecule has 0 saturated carbocycles. The third kappa shape index (κ3) is 5.46. The Bertz CT molecular complexity index is 793. The smallest absolute Gasteiger partial charge is 0.338 e. The number of benzene rings is 2. The summed E-state index contributed by atoms with van der Waals surface area (Å²) < 4.78 is 24.3. The van der Waals surface area contributed by atoms with Gasteiger partial charge in [-0.1, -0.05) is 11.6 Å². The lowest BCUT2D eigenvalue weighted by atomic mass is 10.2. The van der Waals surface area contributed by atoms with Gasteiger partial charge < -0.3 is 14.8 Å². The van der Waals surface area contributed by atoms with E-state index in [0.29, 0.717) is 5.75 Å². The van der Waals surface area contributed by atoms with Crippen LogP contribution in [0.3, 0.4) is 0 Å². The van der Waals surface area contributed by atoms with Crippen LogP contribution in [0.2, 0.25) is 5.02 Å². The van der Waals surface area contributed by atoms with Crippen molar-refractivity contribution in [3.8, 4) is 5.75 Å². The summed E-state index contributed by atoms with van der Waals surface area (Å²) in [7, 11) is 0. The van der Waals surface area contributed by atoms with E-state index < -0.39 is 23.8 Å². The maximum atomic E-state index is 13.7. The van der Waals surface area contributed by atoms with E-state index >= 15 is 0 Å². The summed E-state index contributed by atoms with van der Waals surface area (Å²) in [6.45, 7) is 5.19. The van der Waals surface area contributed by atoms with Gasteiger partial charge in [0.2, 0.25) is 0 Å². The minimum Gasteiger partial charge on any atom is -0.491 e. The molecule has 0 spiro atoms. The molecule has 2 aromatic rings. The van der Waals surface area contributed by atoms with Gasteiger partial charge in [0.05, 0.1) is 17.4 Å². The molecular weight excluding hydrogens is 361 g/mol. The van der Waals surface area contributed by atoms with Crippen molar-refractivity contribution in [3.05, 3.63) is 58.9 Å². The van der Waals surface area contributed by atoms with E-state index in [9.17, 15) is 14.0 Å². The van der Waals surface area contributed by atoms with Crippen LogP contribution in [0.5, 0.6) is 5.75 Å². The Morgan fingerprint density at radius 2 is 1.73 bits per heavy atom. The fourth-order valence-corrected chi connectivity index (χ4v) is 2.21. The topological polar surface area (TPSA) is 64.6 Å². The lowest BCUT2D eigenvalue weighted by Crippen LogP contribution is -2.30. The molecule has 0 aliphatic heterocycles. The average molecular weight is 380 g/mol. The number of nitrogens with one attached hydrogen (secondary N) is 1. The predicted molar refractivity (Wildman–Crippen MR) is 97.1 cm³/mol. The van der Waals surface area contributed by atoms with Crippen LogP contribution in [-0.4, -0.2) is 24.1 Å². The molecule has 5 nitrogen and oxygen atoms in total. The van der Waals surface area contributed by atoms with Gasteiger partial charge in [0.1, 0.15) is 11.6 Å². The van der Waals surface area contributed by atoms with Crippen LogP contribution >= 0.6 is 11.6 Å². The molecule has 0 aliphatic carbocycles. The molecule has 0 heterocycles. The van der Waals surface area contributed by atoms with E-state index in [0.717, 1.165) is 6.07 Å². The van der Waals surface area contributed by atoms with Gasteiger partial charge in [0.15, 0.2) is 6.10 Å². The minimum absolute atomic E-state index is 0.0183. The monoisotopic (exact) mass is 379 g/mol. The molecule has 0 aromatic heterocycles. The van der Waals surface area contributed by atoms with Gasteiger partial charge in [-0.15, -0.1) is 0 Å². The molecule has 7 heteroatoms. The number of ether oxygens (including phenoxy) is 2. The molecule has 138 valence electrons. The van der Waals surface area contributed by atoms with Crippen LogP contribution in [0, 0.1) is 5.82 Å². The average Bonchev–Trinajstić information content (AvgIpc) is 2.57. The van der Waals surface area contributed by atoms with Crippen molar-refractivity contribution in [2.75, 3.05) is 5.32 Å². The lowest BCUT2D eigenvalue weighted by Gasteiger charge is -2.14. The molecule has 1 amide bonds. The van der Waals surface area contributed by atoms with Crippen LogP contribution in [0.15, 0.2) is 42.5 Å². The largest absolute Gasteiger partial charge is 0.491 e. The summed E-state index contributed by atoms with van der Waals surface area (Å²) in [4.78, 5) is 24.2. The van der Waals surface area contributed by atoms with Crippen molar-refractivity contribution in [1.82, 2.24) is 0 Å². The third-order valence-corrected chi connectivity index (χ3v) is 3.54. The highest BCUT2D eigenvalue weighted by Crippen LogP contribution is 2.19. The van der Waals surface area contributed by atoms with Gasteiger partial charge in [0, 0.05) is 5.02 Å². The van der Waals surface area contributed by atoms with Crippen molar-refractivity contribution in [1.29, 1.82) is 0 Å². The fourth-order valence-electron chi connectivity index (χ4n) is 2.05. The Morgan fingerprint density at radius 1 is 1.08 bits per heavy atom. The molecule has 0 bridgehead atoms. The van der Waals surface area contributed by atoms with Crippen molar-refractivity contribution in [2.24, 2.45) is 0 Å². The van der Waals surface area contributed by atoms with Gasteiger partial charge in [-0.3, -0.25) is 4.79 Å². The molecule has 0 saturated heterocycles. The van der Waals surface area contributed by atoms with Crippen LogP contribution in [0.4, 0.5) is 10.1 Å². The second-order valence-corrected chi connectivity index (χ2v) is 6.29.